The predicted molar refractivity (Wildman–Crippen MR) is 61.2 cm³/mol. The number of sulfonamides is 1. The normalized spacial score (nSPS) is 20.6. The maximum atomic E-state index is 11.8. The number of nitrogens with zero attached hydrogens (tertiary/aromatic N) is 2. The van der Waals surface area contributed by atoms with E-state index in [1.807, 2.05) is 0 Å². The highest BCUT2D eigenvalue weighted by atomic mass is 35.5. The van der Waals surface area contributed by atoms with Gasteiger partial charge in [-0.1, -0.05) is 0 Å². The Balaban J connectivity index is 2.00. The van der Waals surface area contributed by atoms with Gasteiger partial charge in [0.25, 0.3) is 0 Å². The smallest absolute Gasteiger partial charge is 0.243 e. The van der Waals surface area contributed by atoms with E-state index in [4.69, 9.17) is 16.3 Å². The van der Waals surface area contributed by atoms with Crippen molar-refractivity contribution in [3.63, 3.8) is 0 Å². The molecule has 0 bridgehead atoms. The monoisotopic (exact) mass is 277 g/mol. The minimum atomic E-state index is -3.58. The van der Waals surface area contributed by atoms with Gasteiger partial charge >= 0.3 is 0 Å². The lowest BCUT2D eigenvalue weighted by Crippen LogP contribution is -2.31. The molecule has 0 saturated carbocycles. The second-order valence-electron chi connectivity index (χ2n) is 3.67. The summed E-state index contributed by atoms with van der Waals surface area (Å²) < 4.78 is 31.4. The maximum Gasteiger partial charge on any atom is 0.243 e. The second kappa shape index (κ2) is 5.26. The van der Waals surface area contributed by atoms with Crippen molar-refractivity contribution >= 4 is 21.6 Å². The fraction of sp³-hybridized carbons (Fsp3) is 0.556. The van der Waals surface area contributed by atoms with E-state index >= 15 is 0 Å². The van der Waals surface area contributed by atoms with E-state index in [1.165, 1.54) is 12.4 Å². The lowest BCUT2D eigenvalue weighted by molar-refractivity contribution is 0.114. The molecule has 1 aliphatic heterocycles. The Morgan fingerprint density at radius 3 is 2.76 bits per heavy atom. The molecular formula is C9H12ClN3O3S. The molecule has 1 N–H and O–H groups in total. The fourth-order valence-electron chi connectivity index (χ4n) is 1.53. The van der Waals surface area contributed by atoms with Gasteiger partial charge in [0.2, 0.25) is 15.3 Å². The van der Waals surface area contributed by atoms with E-state index in [0.717, 1.165) is 12.8 Å². The lowest BCUT2D eigenvalue weighted by atomic mass is 10.2. The number of ether oxygens (including phenoxy) is 1. The highest BCUT2D eigenvalue weighted by Crippen LogP contribution is 2.12. The van der Waals surface area contributed by atoms with Gasteiger partial charge in [-0.05, 0) is 24.4 Å². The van der Waals surface area contributed by atoms with E-state index < -0.39 is 10.0 Å². The van der Waals surface area contributed by atoms with E-state index in [9.17, 15) is 8.42 Å². The number of aromatic nitrogens is 2. The van der Waals surface area contributed by atoms with Crippen LogP contribution in [-0.2, 0) is 14.8 Å². The third kappa shape index (κ3) is 3.35. The van der Waals surface area contributed by atoms with Crippen LogP contribution in [0.1, 0.15) is 12.8 Å². The second-order valence-corrected chi connectivity index (χ2v) is 5.78. The van der Waals surface area contributed by atoms with Crippen molar-refractivity contribution in [3.8, 4) is 0 Å². The third-order valence-corrected chi connectivity index (χ3v) is 4.01. The minimum Gasteiger partial charge on any atom is -0.377 e. The Morgan fingerprint density at radius 1 is 1.47 bits per heavy atom. The van der Waals surface area contributed by atoms with Crippen LogP contribution in [0.4, 0.5) is 0 Å². The molecule has 1 saturated heterocycles. The summed E-state index contributed by atoms with van der Waals surface area (Å²) in [5.74, 6) is 0. The van der Waals surface area contributed by atoms with E-state index in [2.05, 4.69) is 14.7 Å². The van der Waals surface area contributed by atoms with Crippen LogP contribution in [0.15, 0.2) is 17.3 Å². The summed E-state index contributed by atoms with van der Waals surface area (Å²) in [6, 6.07) is 0. The first-order valence-electron chi connectivity index (χ1n) is 5.17. The minimum absolute atomic E-state index is 0.0000954. The van der Waals surface area contributed by atoms with Gasteiger partial charge in [0.1, 0.15) is 4.90 Å². The number of nitrogens with one attached hydrogen (secondary N) is 1. The number of rotatable bonds is 4. The molecule has 0 aromatic carbocycles. The molecule has 1 aliphatic rings. The average molecular weight is 278 g/mol. The zero-order valence-electron chi connectivity index (χ0n) is 8.97. The Kier molecular flexibility index (Phi) is 3.93. The molecule has 8 heteroatoms. The fourth-order valence-corrected chi connectivity index (χ4v) is 2.58. The van der Waals surface area contributed by atoms with Crippen molar-refractivity contribution in [3.05, 3.63) is 17.7 Å². The Labute approximate surface area is 104 Å². The van der Waals surface area contributed by atoms with Gasteiger partial charge < -0.3 is 4.74 Å². The Morgan fingerprint density at radius 2 is 2.18 bits per heavy atom. The van der Waals surface area contributed by atoms with Crippen LogP contribution in [0, 0.1) is 0 Å². The molecule has 1 aromatic heterocycles. The van der Waals surface area contributed by atoms with Gasteiger partial charge in [0, 0.05) is 13.2 Å². The molecule has 0 aliphatic carbocycles. The van der Waals surface area contributed by atoms with Gasteiger partial charge in [0.05, 0.1) is 18.5 Å². The zero-order chi connectivity index (χ0) is 12.3. The van der Waals surface area contributed by atoms with Gasteiger partial charge in [-0.15, -0.1) is 0 Å². The summed E-state index contributed by atoms with van der Waals surface area (Å²) in [4.78, 5) is 7.26. The van der Waals surface area contributed by atoms with Crippen LogP contribution in [0.3, 0.4) is 0 Å². The predicted octanol–water partition coefficient (Wildman–Crippen LogP) is 0.587. The molecule has 1 aromatic rings. The maximum absolute atomic E-state index is 11.8. The molecule has 0 spiro atoms. The van der Waals surface area contributed by atoms with Crippen LogP contribution in [0.5, 0.6) is 0 Å². The molecular weight excluding hydrogens is 266 g/mol. The summed E-state index contributed by atoms with van der Waals surface area (Å²) in [6.07, 6.45) is 4.15. The van der Waals surface area contributed by atoms with Gasteiger partial charge in [-0.25, -0.2) is 23.1 Å². The average Bonchev–Trinajstić information content (AvgIpc) is 2.80. The molecule has 1 atom stereocenters. The van der Waals surface area contributed by atoms with Crippen LogP contribution >= 0.6 is 11.6 Å². The molecule has 17 heavy (non-hydrogen) atoms. The summed E-state index contributed by atoms with van der Waals surface area (Å²) in [6.45, 7) is 0.960. The van der Waals surface area contributed by atoms with Gasteiger partial charge in [-0.2, -0.15) is 0 Å². The highest BCUT2D eigenvalue weighted by Gasteiger charge is 2.20. The van der Waals surface area contributed by atoms with Crippen molar-refractivity contribution in [2.24, 2.45) is 0 Å². The first kappa shape index (κ1) is 12.7. The molecule has 2 heterocycles. The topological polar surface area (TPSA) is 81.2 Å². The van der Waals surface area contributed by atoms with Crippen molar-refractivity contribution in [2.75, 3.05) is 13.2 Å². The third-order valence-electron chi connectivity index (χ3n) is 2.43. The Hall–Kier alpha value is -0.760. The SMILES string of the molecule is O=S(=O)(NCC1CCCO1)c1cnc(Cl)nc1. The lowest BCUT2D eigenvalue weighted by Gasteiger charge is -2.10. The summed E-state index contributed by atoms with van der Waals surface area (Å²) in [7, 11) is -3.58. The van der Waals surface area contributed by atoms with Gasteiger partial charge in [-0.3, -0.25) is 0 Å². The summed E-state index contributed by atoms with van der Waals surface area (Å²) in [5, 5.41) is 0.0167. The Bertz CT molecular complexity index is 471. The first-order valence-corrected chi connectivity index (χ1v) is 7.03. The number of hydrogen-bond donors (Lipinski definition) is 1. The molecule has 2 rings (SSSR count). The van der Waals surface area contributed by atoms with Crippen LogP contribution in [0.25, 0.3) is 0 Å². The molecule has 6 nitrogen and oxygen atoms in total. The molecule has 0 amide bonds. The first-order chi connectivity index (χ1) is 8.08. The standard InChI is InChI=1S/C9H12ClN3O3S/c10-9-11-5-8(6-12-9)17(14,15)13-4-7-2-1-3-16-7/h5-7,13H,1-4H2. The summed E-state index contributed by atoms with van der Waals surface area (Å²) >= 11 is 5.48. The molecule has 0 radical (unpaired) electrons. The quantitative estimate of drug-likeness (QED) is 0.815. The summed E-state index contributed by atoms with van der Waals surface area (Å²) in [5.41, 5.74) is 0. The van der Waals surface area contributed by atoms with Gasteiger partial charge in [0.15, 0.2) is 0 Å². The highest BCUT2D eigenvalue weighted by molar-refractivity contribution is 7.89. The van der Waals surface area contributed by atoms with Crippen LogP contribution < -0.4 is 4.72 Å². The molecule has 94 valence electrons. The van der Waals surface area contributed by atoms with Crippen LogP contribution in [-0.4, -0.2) is 37.6 Å². The van der Waals surface area contributed by atoms with Crippen molar-refractivity contribution < 1.29 is 13.2 Å². The van der Waals surface area contributed by atoms with Crippen molar-refractivity contribution in [1.82, 2.24) is 14.7 Å². The van der Waals surface area contributed by atoms with Crippen molar-refractivity contribution in [2.45, 2.75) is 23.8 Å². The number of hydrogen-bond acceptors (Lipinski definition) is 5. The molecule has 1 fully saturated rings. The number of halogens is 1. The van der Waals surface area contributed by atoms with E-state index in [0.29, 0.717) is 6.61 Å². The van der Waals surface area contributed by atoms with Crippen LogP contribution in [0.2, 0.25) is 5.28 Å². The largest absolute Gasteiger partial charge is 0.377 e. The van der Waals surface area contributed by atoms with E-state index in [-0.39, 0.29) is 22.8 Å². The van der Waals surface area contributed by atoms with Crippen molar-refractivity contribution in [1.29, 1.82) is 0 Å². The van der Waals surface area contributed by atoms with E-state index in [1.54, 1.807) is 0 Å². The molecule has 1 unspecified atom stereocenters. The zero-order valence-corrected chi connectivity index (χ0v) is 10.5.